The number of allylic oxidation sites excluding steroid dienone is 1. The third-order valence-electron chi connectivity index (χ3n) is 0.613. The van der Waals surface area contributed by atoms with Crippen molar-refractivity contribution in [3.05, 3.63) is 12.2 Å². The van der Waals surface area contributed by atoms with Crippen LogP contribution in [0, 0.1) is 0 Å². The Bertz CT molecular complexity index is 116. The largest absolute Gasteiger partial charge is 0.328 e. The van der Waals surface area contributed by atoms with Crippen LogP contribution in [0.15, 0.2) is 12.2 Å². The van der Waals surface area contributed by atoms with Gasteiger partial charge in [-0.2, -0.15) is 8.78 Å². The molecule has 5 heteroatoms. The minimum atomic E-state index is -4.30. The summed E-state index contributed by atoms with van der Waals surface area (Å²) in [7, 11) is 0. The summed E-state index contributed by atoms with van der Waals surface area (Å²) in [5.41, 5.74) is 0. The van der Waals surface area contributed by atoms with Crippen molar-refractivity contribution in [1.82, 2.24) is 0 Å². The average molecular weight is 146 g/mol. The van der Waals surface area contributed by atoms with Gasteiger partial charge >= 0.3 is 5.92 Å². The Morgan fingerprint density at radius 3 is 2.00 bits per heavy atom. The normalized spacial score (nSPS) is 14.1. The van der Waals surface area contributed by atoms with E-state index in [4.69, 9.17) is 0 Å². The molecule has 0 aromatic carbocycles. The summed E-state index contributed by atoms with van der Waals surface area (Å²) >= 11 is 0. The Labute approximate surface area is 48.0 Å². The van der Waals surface area contributed by atoms with Gasteiger partial charge in [-0.05, 0) is 0 Å². The van der Waals surface area contributed by atoms with E-state index in [-0.39, 0.29) is 0 Å². The quantitative estimate of drug-likeness (QED) is 0.524. The lowest BCUT2D eigenvalue weighted by Crippen LogP contribution is -2.18. The molecule has 54 valence electrons. The number of alkyl halides is 3. The van der Waals surface area contributed by atoms with Gasteiger partial charge in [0.1, 0.15) is 6.33 Å². The number of halogens is 5. The van der Waals surface area contributed by atoms with Gasteiger partial charge in [0.2, 0.25) is 0 Å². The van der Waals surface area contributed by atoms with Crippen LogP contribution < -0.4 is 0 Å². The molecule has 9 heavy (non-hydrogen) atoms. The molecular formula is C4H3F5. The van der Waals surface area contributed by atoms with Crippen molar-refractivity contribution >= 4 is 0 Å². The molecule has 0 atom stereocenters. The zero-order valence-electron chi connectivity index (χ0n) is 4.17. The Kier molecular flexibility index (Phi) is 2.61. The van der Waals surface area contributed by atoms with Gasteiger partial charge in [0.15, 0.2) is 12.5 Å². The molecule has 0 aliphatic heterocycles. The van der Waals surface area contributed by atoms with Crippen LogP contribution in [0.4, 0.5) is 22.0 Å². The lowest BCUT2D eigenvalue weighted by molar-refractivity contribution is -0.00695. The van der Waals surface area contributed by atoms with Gasteiger partial charge in [-0.15, -0.1) is 0 Å². The fraction of sp³-hybridized carbons (Fsp3) is 0.500. The van der Waals surface area contributed by atoms with Gasteiger partial charge in [-0.25, -0.2) is 13.2 Å². The lowest BCUT2D eigenvalue weighted by Gasteiger charge is -2.05. The predicted octanol–water partition coefficient (Wildman–Crippen LogP) is 2.37. The molecule has 0 radical (unpaired) electrons. The van der Waals surface area contributed by atoms with Crippen LogP contribution in [-0.2, 0) is 0 Å². The molecule has 0 aromatic rings. The lowest BCUT2D eigenvalue weighted by atomic mass is 10.3. The summed E-state index contributed by atoms with van der Waals surface area (Å²) in [5.74, 6) is -6.68. The molecule has 0 bridgehead atoms. The van der Waals surface area contributed by atoms with Crippen LogP contribution in [0.2, 0.25) is 0 Å². The summed E-state index contributed by atoms with van der Waals surface area (Å²) in [6.07, 6.45) is -0.959. The summed E-state index contributed by atoms with van der Waals surface area (Å²) in [6, 6.07) is 0. The number of hydrogen-bond donors (Lipinski definition) is 0. The van der Waals surface area contributed by atoms with Crippen molar-refractivity contribution in [2.24, 2.45) is 0 Å². The zero-order chi connectivity index (χ0) is 7.49. The van der Waals surface area contributed by atoms with Crippen molar-refractivity contribution in [1.29, 1.82) is 0 Å². The first-order valence-corrected chi connectivity index (χ1v) is 1.94. The smallest absolute Gasteiger partial charge is 0.244 e. The molecule has 0 unspecified atom stereocenters. The summed E-state index contributed by atoms with van der Waals surface area (Å²) in [6.45, 7) is -2.22. The Balaban J connectivity index is 4.14. The second kappa shape index (κ2) is 2.80. The van der Waals surface area contributed by atoms with Crippen LogP contribution in [0.3, 0.4) is 0 Å². The first-order valence-electron chi connectivity index (χ1n) is 1.94. The topological polar surface area (TPSA) is 0 Å². The zero-order valence-corrected chi connectivity index (χ0v) is 4.17. The standard InChI is InChI=1S/C4H3F5/c5-1-3(7)4(8,9)2-6/h1H,2H2. The van der Waals surface area contributed by atoms with E-state index in [2.05, 4.69) is 0 Å². The summed E-state index contributed by atoms with van der Waals surface area (Å²) < 4.78 is 56.3. The van der Waals surface area contributed by atoms with Crippen molar-refractivity contribution in [2.75, 3.05) is 6.67 Å². The van der Waals surface area contributed by atoms with Gasteiger partial charge in [-0.1, -0.05) is 0 Å². The van der Waals surface area contributed by atoms with Crippen LogP contribution in [0.25, 0.3) is 0 Å². The number of rotatable bonds is 2. The molecule has 0 nitrogen and oxygen atoms in total. The fourth-order valence-electron chi connectivity index (χ4n) is 0.144. The molecule has 0 aliphatic carbocycles. The van der Waals surface area contributed by atoms with E-state index < -0.39 is 24.8 Å². The maximum Gasteiger partial charge on any atom is 0.328 e. The van der Waals surface area contributed by atoms with Crippen LogP contribution in [0.5, 0.6) is 0 Å². The monoisotopic (exact) mass is 146 g/mol. The molecule has 0 saturated heterocycles. The molecular weight excluding hydrogens is 143 g/mol. The maximum absolute atomic E-state index is 11.5. The first-order chi connectivity index (χ1) is 4.04. The van der Waals surface area contributed by atoms with E-state index >= 15 is 0 Å². The third kappa shape index (κ3) is 1.99. The highest BCUT2D eigenvalue weighted by atomic mass is 19.3. The summed E-state index contributed by atoms with van der Waals surface area (Å²) in [5, 5.41) is 0. The second-order valence-corrected chi connectivity index (χ2v) is 1.30. The number of hydrogen-bond acceptors (Lipinski definition) is 0. The average Bonchev–Trinajstić information content (AvgIpc) is 1.86. The molecule has 0 heterocycles. The van der Waals surface area contributed by atoms with E-state index in [1.165, 1.54) is 0 Å². The molecule has 0 aliphatic rings. The molecule has 0 fully saturated rings. The third-order valence-corrected chi connectivity index (χ3v) is 0.613. The molecule has 0 rings (SSSR count). The second-order valence-electron chi connectivity index (χ2n) is 1.30. The van der Waals surface area contributed by atoms with Gasteiger partial charge in [0.05, 0.1) is 0 Å². The Hall–Kier alpha value is -0.610. The fourth-order valence-corrected chi connectivity index (χ4v) is 0.144. The molecule has 0 spiro atoms. The molecule has 0 saturated carbocycles. The summed E-state index contributed by atoms with van der Waals surface area (Å²) in [4.78, 5) is 0. The van der Waals surface area contributed by atoms with Crippen molar-refractivity contribution in [3.8, 4) is 0 Å². The molecule has 0 N–H and O–H groups in total. The Morgan fingerprint density at radius 1 is 1.44 bits per heavy atom. The highest BCUT2D eigenvalue weighted by molar-refractivity contribution is 4.99. The predicted molar refractivity (Wildman–Crippen MR) is 21.2 cm³/mol. The van der Waals surface area contributed by atoms with Gasteiger partial charge in [0, 0.05) is 0 Å². The van der Waals surface area contributed by atoms with E-state index in [0.717, 1.165) is 0 Å². The Morgan fingerprint density at radius 2 is 1.89 bits per heavy atom. The molecule has 0 aromatic heterocycles. The van der Waals surface area contributed by atoms with Crippen molar-refractivity contribution < 1.29 is 22.0 Å². The van der Waals surface area contributed by atoms with Crippen LogP contribution in [-0.4, -0.2) is 12.6 Å². The van der Waals surface area contributed by atoms with Gasteiger partial charge < -0.3 is 0 Å². The maximum atomic E-state index is 11.5. The van der Waals surface area contributed by atoms with Crippen LogP contribution >= 0.6 is 0 Å². The first kappa shape index (κ1) is 8.39. The highest BCUT2D eigenvalue weighted by Crippen LogP contribution is 2.25. The van der Waals surface area contributed by atoms with Gasteiger partial charge in [0.25, 0.3) is 0 Å². The van der Waals surface area contributed by atoms with Crippen LogP contribution in [0.1, 0.15) is 0 Å². The van der Waals surface area contributed by atoms with Crippen molar-refractivity contribution in [3.63, 3.8) is 0 Å². The SMILES string of the molecule is FC=C(F)C(F)(F)CF. The minimum Gasteiger partial charge on any atom is -0.244 e. The molecule has 0 amide bonds. The highest BCUT2D eigenvalue weighted by Gasteiger charge is 2.35. The van der Waals surface area contributed by atoms with E-state index in [1.54, 1.807) is 0 Å². The van der Waals surface area contributed by atoms with E-state index in [9.17, 15) is 22.0 Å². The van der Waals surface area contributed by atoms with Crippen molar-refractivity contribution in [2.45, 2.75) is 5.92 Å². The van der Waals surface area contributed by atoms with E-state index in [1.807, 2.05) is 0 Å². The van der Waals surface area contributed by atoms with E-state index in [0.29, 0.717) is 0 Å². The minimum absolute atomic E-state index is 0.959. The van der Waals surface area contributed by atoms with Gasteiger partial charge in [-0.3, -0.25) is 0 Å².